The molecule has 1 atom stereocenters. The number of aliphatic hydroxyl groups is 1. The molecule has 0 aliphatic heterocycles. The Kier molecular flexibility index (Phi) is 3.04. The van der Waals surface area contributed by atoms with Crippen molar-refractivity contribution < 1.29 is 5.11 Å². The predicted octanol–water partition coefficient (Wildman–Crippen LogP) is 2.13. The molecule has 5 heteroatoms. The molecular weight excluding hydrogens is 240 g/mol. The smallest absolute Gasteiger partial charge is 0.169 e. The van der Waals surface area contributed by atoms with Gasteiger partial charge in [0, 0.05) is 30.2 Å². The van der Waals surface area contributed by atoms with E-state index in [1.807, 2.05) is 18.2 Å². The monoisotopic (exact) mass is 252 g/mol. The second kappa shape index (κ2) is 4.99. The van der Waals surface area contributed by atoms with Crippen LogP contribution < -0.4 is 5.32 Å². The Morgan fingerprint density at radius 3 is 2.79 bits per heavy atom. The summed E-state index contributed by atoms with van der Waals surface area (Å²) in [7, 11) is 0. The van der Waals surface area contributed by atoms with E-state index >= 15 is 0 Å². The van der Waals surface area contributed by atoms with Crippen LogP contribution >= 0.6 is 0 Å². The van der Waals surface area contributed by atoms with Crippen molar-refractivity contribution in [2.75, 3.05) is 5.32 Å². The van der Waals surface area contributed by atoms with Crippen LogP contribution in [-0.4, -0.2) is 20.1 Å². The Morgan fingerprint density at radius 1 is 1.00 bits per heavy atom. The summed E-state index contributed by atoms with van der Waals surface area (Å²) in [6, 6.07) is 9.14. The second-order valence-corrected chi connectivity index (χ2v) is 4.09. The quantitative estimate of drug-likeness (QED) is 0.699. The molecule has 5 nitrogen and oxygen atoms in total. The molecule has 3 heterocycles. The van der Waals surface area contributed by atoms with Crippen LogP contribution in [0.1, 0.15) is 11.9 Å². The lowest BCUT2D eigenvalue weighted by Gasteiger charge is -2.13. The van der Waals surface area contributed by atoms with E-state index in [0.717, 1.165) is 10.8 Å². The fraction of sp³-hybridized carbons (Fsp3) is 0.0714. The Labute approximate surface area is 110 Å². The van der Waals surface area contributed by atoms with E-state index in [0.29, 0.717) is 11.5 Å². The third kappa shape index (κ3) is 2.51. The first kappa shape index (κ1) is 11.6. The molecule has 0 aliphatic rings. The van der Waals surface area contributed by atoms with Crippen molar-refractivity contribution in [2.45, 2.75) is 6.23 Å². The van der Waals surface area contributed by atoms with Crippen molar-refractivity contribution in [3.63, 3.8) is 0 Å². The minimum atomic E-state index is -0.881. The molecule has 2 N–H and O–H groups in total. The molecule has 0 amide bonds. The zero-order valence-corrected chi connectivity index (χ0v) is 10.1. The molecule has 3 aromatic rings. The molecule has 0 spiro atoms. The average molecular weight is 252 g/mol. The number of hydrogen-bond acceptors (Lipinski definition) is 5. The molecule has 0 saturated carbocycles. The average Bonchev–Trinajstić information content (AvgIpc) is 2.48. The number of aliphatic hydroxyl groups excluding tert-OH is 1. The summed E-state index contributed by atoms with van der Waals surface area (Å²) in [5, 5.41) is 14.9. The van der Waals surface area contributed by atoms with Gasteiger partial charge in [0.15, 0.2) is 6.23 Å². The van der Waals surface area contributed by atoms with E-state index in [2.05, 4.69) is 20.3 Å². The van der Waals surface area contributed by atoms with E-state index < -0.39 is 6.23 Å². The van der Waals surface area contributed by atoms with Gasteiger partial charge < -0.3 is 10.4 Å². The lowest BCUT2D eigenvalue weighted by Crippen LogP contribution is -2.11. The van der Waals surface area contributed by atoms with Crippen LogP contribution in [0, 0.1) is 0 Å². The predicted molar refractivity (Wildman–Crippen MR) is 72.4 cm³/mol. The molecule has 0 aliphatic carbocycles. The minimum Gasteiger partial charge on any atom is -0.368 e. The maximum absolute atomic E-state index is 10.0. The van der Waals surface area contributed by atoms with Gasteiger partial charge in [-0.25, -0.2) is 4.98 Å². The maximum Gasteiger partial charge on any atom is 0.169 e. The standard InChI is InChI=1S/C14H12N4O/c19-14(12-3-1-2-5-16-12)18-13-7-10-4-6-15-8-11(10)9-17-13/h1-9,14,19H,(H,17,18). The van der Waals surface area contributed by atoms with Gasteiger partial charge in [-0.3, -0.25) is 9.97 Å². The largest absolute Gasteiger partial charge is 0.368 e. The van der Waals surface area contributed by atoms with Crippen molar-refractivity contribution in [1.29, 1.82) is 0 Å². The summed E-state index contributed by atoms with van der Waals surface area (Å²) in [6.07, 6.45) is 5.95. The Bertz CT molecular complexity index is 687. The lowest BCUT2D eigenvalue weighted by molar-refractivity contribution is 0.203. The van der Waals surface area contributed by atoms with Gasteiger partial charge >= 0.3 is 0 Å². The van der Waals surface area contributed by atoms with Crippen LogP contribution in [0.3, 0.4) is 0 Å². The third-order valence-corrected chi connectivity index (χ3v) is 2.77. The highest BCUT2D eigenvalue weighted by Crippen LogP contribution is 2.18. The number of anilines is 1. The molecule has 0 radical (unpaired) electrons. The van der Waals surface area contributed by atoms with Crippen LogP contribution in [-0.2, 0) is 0 Å². The van der Waals surface area contributed by atoms with Crippen molar-refractivity contribution in [2.24, 2.45) is 0 Å². The molecule has 94 valence electrons. The van der Waals surface area contributed by atoms with Crippen LogP contribution in [0.15, 0.2) is 55.1 Å². The SMILES string of the molecule is OC(Nc1cc2ccncc2cn1)c1ccccn1. The van der Waals surface area contributed by atoms with Gasteiger partial charge in [-0.05, 0) is 29.7 Å². The molecule has 1 unspecified atom stereocenters. The second-order valence-electron chi connectivity index (χ2n) is 4.09. The number of nitrogens with one attached hydrogen (secondary N) is 1. The van der Waals surface area contributed by atoms with Gasteiger partial charge in [0.2, 0.25) is 0 Å². The maximum atomic E-state index is 10.0. The molecule has 19 heavy (non-hydrogen) atoms. The van der Waals surface area contributed by atoms with Gasteiger partial charge in [-0.2, -0.15) is 0 Å². The Balaban J connectivity index is 1.85. The highest BCUT2D eigenvalue weighted by atomic mass is 16.3. The van der Waals surface area contributed by atoms with Crippen LogP contribution in [0.2, 0.25) is 0 Å². The number of rotatable bonds is 3. The number of nitrogens with zero attached hydrogens (tertiary/aromatic N) is 3. The molecule has 0 saturated heterocycles. The number of aromatic nitrogens is 3. The molecule has 0 bridgehead atoms. The van der Waals surface area contributed by atoms with Crippen molar-refractivity contribution >= 4 is 16.6 Å². The fourth-order valence-electron chi connectivity index (χ4n) is 1.81. The van der Waals surface area contributed by atoms with E-state index in [1.54, 1.807) is 36.9 Å². The molecule has 0 aromatic carbocycles. The molecule has 0 fully saturated rings. The molecular formula is C14H12N4O. The molecule has 3 rings (SSSR count). The van der Waals surface area contributed by atoms with Crippen molar-refractivity contribution in [1.82, 2.24) is 15.0 Å². The summed E-state index contributed by atoms with van der Waals surface area (Å²) in [5.41, 5.74) is 0.555. The van der Waals surface area contributed by atoms with Crippen LogP contribution in [0.25, 0.3) is 10.8 Å². The third-order valence-electron chi connectivity index (χ3n) is 2.77. The zero-order valence-electron chi connectivity index (χ0n) is 10.1. The van der Waals surface area contributed by atoms with E-state index in [1.165, 1.54) is 0 Å². The van der Waals surface area contributed by atoms with Crippen LogP contribution in [0.4, 0.5) is 5.82 Å². The number of hydrogen-bond donors (Lipinski definition) is 2. The highest BCUT2D eigenvalue weighted by Gasteiger charge is 2.08. The van der Waals surface area contributed by atoms with Crippen molar-refractivity contribution in [3.05, 3.63) is 60.8 Å². The first-order valence-corrected chi connectivity index (χ1v) is 5.88. The first-order chi connectivity index (χ1) is 9.33. The van der Waals surface area contributed by atoms with E-state index in [9.17, 15) is 5.11 Å². The van der Waals surface area contributed by atoms with Gasteiger partial charge in [0.1, 0.15) is 5.82 Å². The number of fused-ring (bicyclic) bond motifs is 1. The summed E-state index contributed by atoms with van der Waals surface area (Å²) in [5.74, 6) is 0.594. The van der Waals surface area contributed by atoms with Gasteiger partial charge in [0.05, 0.1) is 5.69 Å². The van der Waals surface area contributed by atoms with Gasteiger partial charge in [-0.1, -0.05) is 6.07 Å². The normalized spacial score (nSPS) is 12.3. The van der Waals surface area contributed by atoms with Gasteiger partial charge in [-0.15, -0.1) is 0 Å². The van der Waals surface area contributed by atoms with E-state index in [-0.39, 0.29) is 0 Å². The Morgan fingerprint density at radius 2 is 1.95 bits per heavy atom. The fourth-order valence-corrected chi connectivity index (χ4v) is 1.81. The highest BCUT2D eigenvalue weighted by molar-refractivity contribution is 5.82. The van der Waals surface area contributed by atoms with Crippen LogP contribution in [0.5, 0.6) is 0 Å². The summed E-state index contributed by atoms with van der Waals surface area (Å²) >= 11 is 0. The molecule has 3 aromatic heterocycles. The lowest BCUT2D eigenvalue weighted by atomic mass is 10.2. The zero-order chi connectivity index (χ0) is 13.1. The summed E-state index contributed by atoms with van der Waals surface area (Å²) in [4.78, 5) is 12.4. The van der Waals surface area contributed by atoms with Gasteiger partial charge in [0.25, 0.3) is 0 Å². The van der Waals surface area contributed by atoms with Crippen molar-refractivity contribution in [3.8, 4) is 0 Å². The Hall–Kier alpha value is -2.53. The topological polar surface area (TPSA) is 70.9 Å². The summed E-state index contributed by atoms with van der Waals surface area (Å²) < 4.78 is 0. The summed E-state index contributed by atoms with van der Waals surface area (Å²) in [6.45, 7) is 0. The van der Waals surface area contributed by atoms with E-state index in [4.69, 9.17) is 0 Å². The first-order valence-electron chi connectivity index (χ1n) is 5.88. The number of pyridine rings is 3. The minimum absolute atomic E-state index is 0.555.